The van der Waals surface area contributed by atoms with E-state index in [9.17, 15) is 0 Å². The summed E-state index contributed by atoms with van der Waals surface area (Å²) in [6.07, 6.45) is 1.78. The highest BCUT2D eigenvalue weighted by atomic mass is 35.5. The van der Waals surface area contributed by atoms with E-state index in [0.717, 1.165) is 41.7 Å². The number of nitrogens with one attached hydrogen (secondary N) is 2. The fourth-order valence-corrected chi connectivity index (χ4v) is 2.65. The van der Waals surface area contributed by atoms with Crippen molar-refractivity contribution < 1.29 is 9.47 Å². The van der Waals surface area contributed by atoms with Crippen LogP contribution >= 0.6 is 11.6 Å². The molecule has 0 radical (unpaired) electrons. The Bertz CT molecular complexity index is 705. The predicted molar refractivity (Wildman–Crippen MR) is 112 cm³/mol. The lowest BCUT2D eigenvalue weighted by molar-refractivity contribution is 0.172. The number of halogens is 1. The molecule has 146 valence electrons. The van der Waals surface area contributed by atoms with Gasteiger partial charge in [-0.05, 0) is 41.8 Å². The van der Waals surface area contributed by atoms with Crippen molar-refractivity contribution in [1.29, 1.82) is 0 Å². The number of ether oxygens (including phenoxy) is 2. The van der Waals surface area contributed by atoms with Crippen molar-refractivity contribution in [2.75, 3.05) is 33.9 Å². The molecule has 5 nitrogen and oxygen atoms in total. The number of benzene rings is 2. The number of aliphatic imine (C=N–C) groups is 1. The second-order valence-corrected chi connectivity index (χ2v) is 6.51. The van der Waals surface area contributed by atoms with E-state index in [1.807, 2.05) is 42.5 Å². The van der Waals surface area contributed by atoms with E-state index < -0.39 is 0 Å². The molecule has 2 N–H and O–H groups in total. The van der Waals surface area contributed by atoms with E-state index in [4.69, 9.17) is 21.1 Å². The molecule has 0 heterocycles. The lowest BCUT2D eigenvalue weighted by Crippen LogP contribution is -2.37. The van der Waals surface area contributed by atoms with E-state index >= 15 is 0 Å². The molecule has 27 heavy (non-hydrogen) atoms. The largest absolute Gasteiger partial charge is 0.493 e. The summed E-state index contributed by atoms with van der Waals surface area (Å²) >= 11 is 5.91. The molecule has 6 heteroatoms. The Morgan fingerprint density at radius 2 is 1.85 bits per heavy atom. The van der Waals surface area contributed by atoms with Gasteiger partial charge in [0.1, 0.15) is 5.75 Å². The summed E-state index contributed by atoms with van der Waals surface area (Å²) in [5.74, 6) is 1.64. The highest BCUT2D eigenvalue weighted by Gasteiger charge is 2.01. The molecule has 0 aliphatic heterocycles. The summed E-state index contributed by atoms with van der Waals surface area (Å²) in [6, 6.07) is 16.0. The molecule has 0 aliphatic rings. The van der Waals surface area contributed by atoms with Crippen LogP contribution in [0.15, 0.2) is 53.5 Å². The first-order chi connectivity index (χ1) is 13.2. The minimum absolute atomic E-state index is 0.651. The van der Waals surface area contributed by atoms with Crippen LogP contribution in [0.3, 0.4) is 0 Å². The van der Waals surface area contributed by atoms with Gasteiger partial charge in [0.25, 0.3) is 0 Å². The van der Waals surface area contributed by atoms with Gasteiger partial charge < -0.3 is 20.1 Å². The Morgan fingerprint density at radius 3 is 2.59 bits per heavy atom. The van der Waals surface area contributed by atoms with Gasteiger partial charge in [-0.25, -0.2) is 0 Å². The van der Waals surface area contributed by atoms with Gasteiger partial charge in [0.15, 0.2) is 5.96 Å². The van der Waals surface area contributed by atoms with Crippen LogP contribution in [0, 0.1) is 0 Å². The number of nitrogens with zero attached hydrogens (tertiary/aromatic N) is 1. The fourth-order valence-electron chi connectivity index (χ4n) is 2.52. The van der Waals surface area contributed by atoms with Crippen molar-refractivity contribution in [2.24, 2.45) is 4.99 Å². The lowest BCUT2D eigenvalue weighted by Gasteiger charge is -2.13. The minimum Gasteiger partial charge on any atom is -0.493 e. The maximum atomic E-state index is 5.91. The van der Waals surface area contributed by atoms with Crippen molar-refractivity contribution in [3.8, 4) is 5.75 Å². The van der Waals surface area contributed by atoms with Crippen molar-refractivity contribution in [3.63, 3.8) is 0 Å². The zero-order chi connectivity index (χ0) is 19.3. The Morgan fingerprint density at radius 1 is 1.04 bits per heavy atom. The van der Waals surface area contributed by atoms with Crippen molar-refractivity contribution in [3.05, 3.63) is 64.7 Å². The molecule has 0 unspecified atom stereocenters. The van der Waals surface area contributed by atoms with Crippen LogP contribution < -0.4 is 15.4 Å². The average molecular weight is 390 g/mol. The van der Waals surface area contributed by atoms with Crippen molar-refractivity contribution >= 4 is 17.6 Å². The summed E-state index contributed by atoms with van der Waals surface area (Å²) in [5, 5.41) is 7.41. The smallest absolute Gasteiger partial charge is 0.191 e. The predicted octanol–water partition coefficient (Wildman–Crippen LogP) is 3.66. The lowest BCUT2D eigenvalue weighted by atomic mass is 10.1. The Labute approximate surface area is 166 Å². The molecule has 2 aromatic rings. The number of rotatable bonds is 10. The molecule has 0 atom stereocenters. The third-order valence-electron chi connectivity index (χ3n) is 3.96. The van der Waals surface area contributed by atoms with Crippen molar-refractivity contribution in [2.45, 2.75) is 19.4 Å². The first kappa shape index (κ1) is 21.1. The Kier molecular flexibility index (Phi) is 9.52. The molecule has 0 aromatic heterocycles. The molecule has 0 spiro atoms. The summed E-state index contributed by atoms with van der Waals surface area (Å²) in [5.41, 5.74) is 2.38. The first-order valence-corrected chi connectivity index (χ1v) is 9.48. The monoisotopic (exact) mass is 389 g/mol. The van der Waals surface area contributed by atoms with Gasteiger partial charge in [0, 0.05) is 45.3 Å². The van der Waals surface area contributed by atoms with Crippen LogP contribution in [0.1, 0.15) is 17.5 Å². The standard InChI is InChI=1S/C21H28ClN3O2/c1-23-21(24-12-11-17-7-9-19(22)10-8-17)25-16-18-5-3-6-20(15-18)27-14-4-13-26-2/h3,5-10,15H,4,11-14,16H2,1-2H3,(H2,23,24,25). The number of hydrogen-bond donors (Lipinski definition) is 2. The summed E-state index contributed by atoms with van der Waals surface area (Å²) in [7, 11) is 3.47. The zero-order valence-electron chi connectivity index (χ0n) is 16.0. The highest BCUT2D eigenvalue weighted by molar-refractivity contribution is 6.30. The molecule has 0 bridgehead atoms. The SMILES string of the molecule is CN=C(NCCc1ccc(Cl)cc1)NCc1cccc(OCCCOC)c1. The topological polar surface area (TPSA) is 54.9 Å². The number of methoxy groups -OCH3 is 1. The maximum Gasteiger partial charge on any atom is 0.191 e. The van der Waals surface area contributed by atoms with Gasteiger partial charge in [-0.15, -0.1) is 0 Å². The zero-order valence-corrected chi connectivity index (χ0v) is 16.8. The van der Waals surface area contributed by atoms with Gasteiger partial charge in [-0.2, -0.15) is 0 Å². The molecule has 0 saturated heterocycles. The van der Waals surface area contributed by atoms with Crippen LogP contribution in [0.2, 0.25) is 5.02 Å². The molecule has 0 aliphatic carbocycles. The Balaban J connectivity index is 1.74. The molecule has 0 fully saturated rings. The average Bonchev–Trinajstić information content (AvgIpc) is 2.69. The molecular weight excluding hydrogens is 362 g/mol. The van der Waals surface area contributed by atoms with Crippen LogP contribution in [0.25, 0.3) is 0 Å². The second-order valence-electron chi connectivity index (χ2n) is 6.07. The molecule has 0 amide bonds. The third kappa shape index (κ3) is 8.33. The second kappa shape index (κ2) is 12.2. The summed E-state index contributed by atoms with van der Waals surface area (Å²) in [6.45, 7) is 2.83. The summed E-state index contributed by atoms with van der Waals surface area (Å²) in [4.78, 5) is 4.27. The van der Waals surface area contributed by atoms with Gasteiger partial charge in [0.2, 0.25) is 0 Å². The first-order valence-electron chi connectivity index (χ1n) is 9.11. The van der Waals surface area contributed by atoms with E-state index in [0.29, 0.717) is 19.8 Å². The van der Waals surface area contributed by atoms with Crippen molar-refractivity contribution in [1.82, 2.24) is 10.6 Å². The highest BCUT2D eigenvalue weighted by Crippen LogP contribution is 2.13. The van der Waals surface area contributed by atoms with E-state index in [2.05, 4.69) is 21.7 Å². The van der Waals surface area contributed by atoms with E-state index in [1.54, 1.807) is 14.2 Å². The fraction of sp³-hybridized carbons (Fsp3) is 0.381. The molecule has 0 saturated carbocycles. The van der Waals surface area contributed by atoms with Gasteiger partial charge in [0.05, 0.1) is 6.61 Å². The van der Waals surface area contributed by atoms with Crippen LogP contribution in [-0.4, -0.2) is 39.9 Å². The molecular formula is C21H28ClN3O2. The normalized spacial score (nSPS) is 11.3. The quantitative estimate of drug-likeness (QED) is 0.370. The Hall–Kier alpha value is -2.24. The van der Waals surface area contributed by atoms with Gasteiger partial charge >= 0.3 is 0 Å². The van der Waals surface area contributed by atoms with Crippen LogP contribution in [0.5, 0.6) is 5.75 Å². The van der Waals surface area contributed by atoms with Crippen LogP contribution in [0.4, 0.5) is 0 Å². The van der Waals surface area contributed by atoms with E-state index in [1.165, 1.54) is 5.56 Å². The molecule has 2 rings (SSSR count). The summed E-state index contributed by atoms with van der Waals surface area (Å²) < 4.78 is 10.8. The maximum absolute atomic E-state index is 5.91. The number of hydrogen-bond acceptors (Lipinski definition) is 3. The third-order valence-corrected chi connectivity index (χ3v) is 4.21. The van der Waals surface area contributed by atoms with E-state index in [-0.39, 0.29) is 0 Å². The van der Waals surface area contributed by atoms with Gasteiger partial charge in [-0.3, -0.25) is 4.99 Å². The number of guanidine groups is 1. The minimum atomic E-state index is 0.651. The van der Waals surface area contributed by atoms with Crippen LogP contribution in [-0.2, 0) is 17.7 Å². The van der Waals surface area contributed by atoms with Gasteiger partial charge in [-0.1, -0.05) is 35.9 Å². The molecule has 2 aromatic carbocycles.